The molecule has 0 radical (unpaired) electrons. The molecule has 1 amide bonds. The van der Waals surface area contributed by atoms with Crippen molar-refractivity contribution in [2.75, 3.05) is 6.54 Å². The highest BCUT2D eigenvalue weighted by atomic mass is 16.3. The van der Waals surface area contributed by atoms with Gasteiger partial charge in [-0.3, -0.25) is 14.0 Å². The second-order valence-electron chi connectivity index (χ2n) is 4.53. The zero-order chi connectivity index (χ0) is 14.5. The lowest BCUT2D eigenvalue weighted by atomic mass is 10.2. The zero-order valence-corrected chi connectivity index (χ0v) is 11.3. The molecular formula is C14H17N3O3. The highest BCUT2D eigenvalue weighted by Gasteiger charge is 2.13. The van der Waals surface area contributed by atoms with Crippen LogP contribution >= 0.6 is 0 Å². The number of unbranched alkanes of at least 4 members (excludes halogenated alkanes) is 2. The summed E-state index contributed by atoms with van der Waals surface area (Å²) in [4.78, 5) is 28.1. The molecule has 0 spiro atoms. The van der Waals surface area contributed by atoms with Crippen LogP contribution in [0.4, 0.5) is 0 Å². The van der Waals surface area contributed by atoms with Crippen molar-refractivity contribution >= 4 is 11.6 Å². The summed E-state index contributed by atoms with van der Waals surface area (Å²) in [5, 5.41) is 12.3. The summed E-state index contributed by atoms with van der Waals surface area (Å²) < 4.78 is 1.16. The Balaban J connectivity index is 2.25. The van der Waals surface area contributed by atoms with Crippen LogP contribution in [0.1, 0.15) is 36.5 Å². The average molecular weight is 275 g/mol. The number of aromatic hydroxyl groups is 1. The SMILES string of the molecule is CCCCCNC(=O)c1cnc2c(O)cccn2c1=O. The van der Waals surface area contributed by atoms with Gasteiger partial charge < -0.3 is 10.4 Å². The molecule has 0 aliphatic heterocycles. The first-order valence-corrected chi connectivity index (χ1v) is 6.62. The third-order valence-electron chi connectivity index (χ3n) is 3.02. The maximum absolute atomic E-state index is 12.2. The van der Waals surface area contributed by atoms with E-state index in [1.54, 1.807) is 0 Å². The highest BCUT2D eigenvalue weighted by molar-refractivity contribution is 5.93. The van der Waals surface area contributed by atoms with Crippen LogP contribution in [-0.2, 0) is 0 Å². The summed E-state index contributed by atoms with van der Waals surface area (Å²) in [5.41, 5.74) is -0.372. The quantitative estimate of drug-likeness (QED) is 0.806. The third-order valence-corrected chi connectivity index (χ3v) is 3.02. The van der Waals surface area contributed by atoms with Crippen LogP contribution in [0.25, 0.3) is 5.65 Å². The molecule has 0 aliphatic carbocycles. The molecule has 0 fully saturated rings. The molecule has 106 valence electrons. The summed E-state index contributed by atoms with van der Waals surface area (Å²) in [7, 11) is 0. The Labute approximate surface area is 116 Å². The van der Waals surface area contributed by atoms with Gasteiger partial charge in [0.25, 0.3) is 11.5 Å². The largest absolute Gasteiger partial charge is 0.504 e. The molecule has 0 bridgehead atoms. The minimum absolute atomic E-state index is 0.0235. The van der Waals surface area contributed by atoms with E-state index in [0.717, 1.165) is 23.7 Å². The first-order valence-electron chi connectivity index (χ1n) is 6.62. The summed E-state index contributed by atoms with van der Waals surface area (Å²) in [6, 6.07) is 2.96. The van der Waals surface area contributed by atoms with Gasteiger partial charge in [0.15, 0.2) is 11.4 Å². The van der Waals surface area contributed by atoms with E-state index in [1.165, 1.54) is 24.5 Å². The van der Waals surface area contributed by atoms with Crippen molar-refractivity contribution < 1.29 is 9.90 Å². The molecule has 0 saturated carbocycles. The standard InChI is InChI=1S/C14H17N3O3/c1-2-3-4-7-15-13(19)10-9-16-12-11(18)6-5-8-17(12)14(10)20/h5-6,8-9,18H,2-4,7H2,1H3,(H,15,19). The average Bonchev–Trinajstić information content (AvgIpc) is 2.45. The Morgan fingerprint density at radius 3 is 3.00 bits per heavy atom. The van der Waals surface area contributed by atoms with E-state index in [2.05, 4.69) is 17.2 Å². The van der Waals surface area contributed by atoms with E-state index in [1.807, 2.05) is 0 Å². The molecule has 0 saturated heterocycles. The van der Waals surface area contributed by atoms with Gasteiger partial charge in [0.05, 0.1) is 0 Å². The number of hydrogen-bond acceptors (Lipinski definition) is 4. The van der Waals surface area contributed by atoms with Gasteiger partial charge in [0.2, 0.25) is 0 Å². The molecule has 2 heterocycles. The van der Waals surface area contributed by atoms with Gasteiger partial charge in [-0.05, 0) is 18.6 Å². The predicted octanol–water partition coefficient (Wildman–Crippen LogP) is 1.32. The van der Waals surface area contributed by atoms with E-state index in [0.29, 0.717) is 6.54 Å². The molecule has 0 aliphatic rings. The van der Waals surface area contributed by atoms with Gasteiger partial charge in [0, 0.05) is 18.9 Å². The monoisotopic (exact) mass is 275 g/mol. The van der Waals surface area contributed by atoms with Crippen molar-refractivity contribution in [3.05, 3.63) is 40.4 Å². The molecule has 2 N–H and O–H groups in total. The molecule has 2 aromatic heterocycles. The van der Waals surface area contributed by atoms with Crippen molar-refractivity contribution in [2.45, 2.75) is 26.2 Å². The summed E-state index contributed by atoms with van der Waals surface area (Å²) in [5.74, 6) is -0.532. The van der Waals surface area contributed by atoms with E-state index < -0.39 is 11.5 Å². The lowest BCUT2D eigenvalue weighted by Crippen LogP contribution is -2.32. The number of fused-ring (bicyclic) bond motifs is 1. The van der Waals surface area contributed by atoms with Crippen molar-refractivity contribution in [1.29, 1.82) is 0 Å². The van der Waals surface area contributed by atoms with Gasteiger partial charge in [-0.25, -0.2) is 4.98 Å². The van der Waals surface area contributed by atoms with Crippen molar-refractivity contribution in [3.63, 3.8) is 0 Å². The zero-order valence-electron chi connectivity index (χ0n) is 11.3. The molecule has 0 atom stereocenters. The minimum Gasteiger partial charge on any atom is -0.504 e. The maximum atomic E-state index is 12.2. The fourth-order valence-corrected chi connectivity index (χ4v) is 1.92. The number of nitrogens with zero attached hydrogens (tertiary/aromatic N) is 2. The van der Waals surface area contributed by atoms with E-state index in [4.69, 9.17) is 0 Å². The lowest BCUT2D eigenvalue weighted by molar-refractivity contribution is 0.0951. The summed E-state index contributed by atoms with van der Waals surface area (Å²) >= 11 is 0. The lowest BCUT2D eigenvalue weighted by Gasteiger charge is -2.06. The predicted molar refractivity (Wildman–Crippen MR) is 75.0 cm³/mol. The van der Waals surface area contributed by atoms with Crippen LogP contribution in [0, 0.1) is 0 Å². The topological polar surface area (TPSA) is 83.7 Å². The van der Waals surface area contributed by atoms with Crippen LogP contribution in [-0.4, -0.2) is 26.9 Å². The van der Waals surface area contributed by atoms with Crippen LogP contribution in [0.15, 0.2) is 29.3 Å². The molecule has 0 unspecified atom stereocenters. The summed E-state index contributed by atoms with van der Waals surface area (Å²) in [6.07, 6.45) is 5.65. The van der Waals surface area contributed by atoms with Crippen LogP contribution < -0.4 is 10.9 Å². The Kier molecular flexibility index (Phi) is 4.34. The van der Waals surface area contributed by atoms with E-state index in [-0.39, 0.29) is 17.0 Å². The van der Waals surface area contributed by atoms with Gasteiger partial charge in [0.1, 0.15) is 5.56 Å². The smallest absolute Gasteiger partial charge is 0.270 e. The van der Waals surface area contributed by atoms with Crippen LogP contribution in [0.3, 0.4) is 0 Å². The Hall–Kier alpha value is -2.37. The molecular weight excluding hydrogens is 258 g/mol. The number of pyridine rings is 1. The number of nitrogens with one attached hydrogen (secondary N) is 1. The van der Waals surface area contributed by atoms with Crippen LogP contribution in [0.5, 0.6) is 5.75 Å². The third kappa shape index (κ3) is 2.79. The number of carbonyl (C=O) groups excluding carboxylic acids is 1. The fraction of sp³-hybridized carbons (Fsp3) is 0.357. The molecule has 20 heavy (non-hydrogen) atoms. The number of amides is 1. The first kappa shape index (κ1) is 14.0. The Bertz CT molecular complexity index is 679. The number of hydrogen-bond donors (Lipinski definition) is 2. The Morgan fingerprint density at radius 1 is 1.45 bits per heavy atom. The fourth-order valence-electron chi connectivity index (χ4n) is 1.92. The van der Waals surface area contributed by atoms with Crippen molar-refractivity contribution in [1.82, 2.24) is 14.7 Å². The number of rotatable bonds is 5. The van der Waals surface area contributed by atoms with E-state index >= 15 is 0 Å². The van der Waals surface area contributed by atoms with E-state index in [9.17, 15) is 14.7 Å². The Morgan fingerprint density at radius 2 is 2.25 bits per heavy atom. The minimum atomic E-state index is -0.487. The normalized spacial score (nSPS) is 10.7. The molecule has 2 rings (SSSR count). The molecule has 6 nitrogen and oxygen atoms in total. The van der Waals surface area contributed by atoms with Crippen molar-refractivity contribution in [2.24, 2.45) is 0 Å². The molecule has 0 aromatic carbocycles. The van der Waals surface area contributed by atoms with Crippen molar-refractivity contribution in [3.8, 4) is 5.75 Å². The van der Waals surface area contributed by atoms with Crippen LogP contribution in [0.2, 0.25) is 0 Å². The second kappa shape index (κ2) is 6.18. The van der Waals surface area contributed by atoms with Gasteiger partial charge in [-0.15, -0.1) is 0 Å². The summed E-state index contributed by atoms with van der Waals surface area (Å²) in [6.45, 7) is 2.61. The maximum Gasteiger partial charge on any atom is 0.270 e. The van der Waals surface area contributed by atoms with Gasteiger partial charge in [-0.1, -0.05) is 19.8 Å². The molecule has 2 aromatic rings. The first-order chi connectivity index (χ1) is 9.65. The van der Waals surface area contributed by atoms with Gasteiger partial charge >= 0.3 is 0 Å². The number of carbonyl (C=O) groups is 1. The highest BCUT2D eigenvalue weighted by Crippen LogP contribution is 2.12. The molecule has 6 heteroatoms. The second-order valence-corrected chi connectivity index (χ2v) is 4.53. The number of aromatic nitrogens is 2. The van der Waals surface area contributed by atoms with Gasteiger partial charge in [-0.2, -0.15) is 0 Å².